The number of nitrogens with zero attached hydrogens (tertiary/aromatic N) is 5. The average Bonchev–Trinajstić information content (AvgIpc) is 3.87. The van der Waals surface area contributed by atoms with Crippen molar-refractivity contribution in [1.29, 1.82) is 0 Å². The van der Waals surface area contributed by atoms with E-state index in [-0.39, 0.29) is 11.3 Å². The predicted octanol–water partition coefficient (Wildman–Crippen LogP) is 6.41. The molecule has 0 saturated carbocycles. The molecular formula is C35H34N6O8S2. The Bertz CT molecular complexity index is 1790. The number of primary amides is 1. The van der Waals surface area contributed by atoms with Crippen LogP contribution in [0.25, 0.3) is 0 Å². The van der Waals surface area contributed by atoms with Crippen LogP contribution in [-0.4, -0.2) is 48.1 Å². The van der Waals surface area contributed by atoms with Gasteiger partial charge in [-0.05, 0) is 93.6 Å². The lowest BCUT2D eigenvalue weighted by Crippen LogP contribution is -2.10. The third-order valence-corrected chi connectivity index (χ3v) is 8.04. The molecule has 0 aliphatic carbocycles. The molecular weight excluding hydrogens is 697 g/mol. The lowest BCUT2D eigenvalue weighted by atomic mass is 10.1. The van der Waals surface area contributed by atoms with Gasteiger partial charge in [0.05, 0.1) is 11.8 Å². The van der Waals surface area contributed by atoms with Crippen molar-refractivity contribution in [1.82, 2.24) is 25.4 Å². The van der Waals surface area contributed by atoms with Crippen LogP contribution in [0.5, 0.6) is 17.2 Å². The van der Waals surface area contributed by atoms with Crippen LogP contribution in [0.1, 0.15) is 69.7 Å². The highest BCUT2D eigenvalue weighted by molar-refractivity contribution is 7.11. The van der Waals surface area contributed by atoms with Crippen LogP contribution in [0, 0.1) is 20.8 Å². The van der Waals surface area contributed by atoms with E-state index in [4.69, 9.17) is 29.5 Å². The summed E-state index contributed by atoms with van der Waals surface area (Å²) in [5.74, 6) is 1.89. The van der Waals surface area contributed by atoms with Crippen molar-refractivity contribution in [2.75, 3.05) is 0 Å². The number of hydrogen-bond donors (Lipinski definition) is 2. The number of carbonyl (C=O) groups is 3. The highest BCUT2D eigenvalue weighted by atomic mass is 32.1. The number of ether oxygens (including phenoxy) is 3. The molecule has 6 aromatic rings. The quantitative estimate of drug-likeness (QED) is 0.131. The summed E-state index contributed by atoms with van der Waals surface area (Å²) >= 11 is 2.99. The Morgan fingerprint density at radius 2 is 1.10 bits per heavy atom. The molecule has 51 heavy (non-hydrogen) atoms. The molecule has 6 rings (SSSR count). The number of rotatable bonds is 12. The normalized spacial score (nSPS) is 10.2. The van der Waals surface area contributed by atoms with Gasteiger partial charge in [0.2, 0.25) is 5.91 Å². The summed E-state index contributed by atoms with van der Waals surface area (Å²) in [5.41, 5.74) is 6.50. The minimum Gasteiger partial charge on any atom is -0.486 e. The summed E-state index contributed by atoms with van der Waals surface area (Å²) in [6.45, 7) is 8.15. The number of oxazole rings is 1. The molecule has 3 aromatic heterocycles. The summed E-state index contributed by atoms with van der Waals surface area (Å²) in [4.78, 5) is 36.5. The maximum Gasteiger partial charge on any atom is 0.335 e. The largest absolute Gasteiger partial charge is 0.486 e. The fraction of sp³-hybridized carbons (Fsp3) is 0.200. The second kappa shape index (κ2) is 18.7. The van der Waals surface area contributed by atoms with Crippen LogP contribution < -0.4 is 19.9 Å². The molecule has 3 aromatic carbocycles. The van der Waals surface area contributed by atoms with Gasteiger partial charge in [-0.3, -0.25) is 9.59 Å². The van der Waals surface area contributed by atoms with Gasteiger partial charge in [-0.2, -0.15) is 0 Å². The number of carboxylic acid groups (broad SMARTS) is 1. The number of aryl methyl sites for hydroxylation is 3. The Morgan fingerprint density at radius 3 is 1.45 bits per heavy atom. The Hall–Kier alpha value is -6.00. The molecule has 0 unspecified atom stereocenters. The van der Waals surface area contributed by atoms with Crippen molar-refractivity contribution >= 4 is 40.3 Å². The first kappa shape index (κ1) is 37.8. The number of hydrogen-bond acceptors (Lipinski definition) is 14. The van der Waals surface area contributed by atoms with Gasteiger partial charge in [-0.1, -0.05) is 22.7 Å². The molecule has 0 aliphatic heterocycles. The third-order valence-electron chi connectivity index (χ3n) is 6.41. The number of aromatic nitrogens is 5. The number of nitrogens with two attached hydrogens (primary N) is 1. The zero-order chi connectivity index (χ0) is 36.8. The van der Waals surface area contributed by atoms with E-state index < -0.39 is 11.9 Å². The third kappa shape index (κ3) is 12.8. The van der Waals surface area contributed by atoms with Gasteiger partial charge in [0.1, 0.15) is 47.1 Å². The van der Waals surface area contributed by atoms with Gasteiger partial charge >= 0.3 is 5.97 Å². The van der Waals surface area contributed by atoms with Crippen LogP contribution in [0.3, 0.4) is 0 Å². The van der Waals surface area contributed by atoms with Crippen molar-refractivity contribution in [2.45, 2.75) is 47.5 Å². The average molecular weight is 731 g/mol. The van der Waals surface area contributed by atoms with Crippen molar-refractivity contribution in [3.8, 4) is 17.2 Å². The molecule has 3 heterocycles. The van der Waals surface area contributed by atoms with Gasteiger partial charge in [0, 0.05) is 18.1 Å². The molecule has 16 heteroatoms. The summed E-state index contributed by atoms with van der Waals surface area (Å²) < 4.78 is 21.7. The predicted molar refractivity (Wildman–Crippen MR) is 188 cm³/mol. The smallest absolute Gasteiger partial charge is 0.335 e. The van der Waals surface area contributed by atoms with Gasteiger partial charge in [-0.15, -0.1) is 20.4 Å². The number of ketones is 1. The SMILES string of the molecule is CC(=O)c1ccc(OCc2nnc(C)s2)cc1.Cc1ncc(COc2ccc(C(N)=O)cc2)o1.Cc1nnc(COc2ccc(C(=O)O)cc2)s1. The van der Waals surface area contributed by atoms with E-state index in [9.17, 15) is 14.4 Å². The lowest BCUT2D eigenvalue weighted by molar-refractivity contribution is 0.0696. The minimum atomic E-state index is -0.948. The van der Waals surface area contributed by atoms with Crippen LogP contribution in [0.2, 0.25) is 0 Å². The zero-order valence-corrected chi connectivity index (χ0v) is 29.7. The van der Waals surface area contributed by atoms with Crippen LogP contribution in [-0.2, 0) is 19.8 Å². The molecule has 0 fully saturated rings. The number of carbonyl (C=O) groups excluding carboxylic acids is 2. The summed E-state index contributed by atoms with van der Waals surface area (Å²) in [6.07, 6.45) is 1.62. The van der Waals surface area contributed by atoms with E-state index in [1.54, 1.807) is 80.7 Å². The van der Waals surface area contributed by atoms with Crippen LogP contribution >= 0.6 is 22.7 Å². The van der Waals surface area contributed by atoms with Crippen molar-refractivity contribution in [3.63, 3.8) is 0 Å². The zero-order valence-electron chi connectivity index (χ0n) is 28.1. The highest BCUT2D eigenvalue weighted by Crippen LogP contribution is 2.18. The van der Waals surface area contributed by atoms with Gasteiger partial charge in [0.15, 0.2) is 27.4 Å². The maximum absolute atomic E-state index is 11.1. The Balaban J connectivity index is 0.000000172. The van der Waals surface area contributed by atoms with Crippen molar-refractivity contribution < 1.29 is 38.1 Å². The molecule has 3 N–H and O–H groups in total. The number of aromatic carboxylic acids is 1. The van der Waals surface area contributed by atoms with E-state index >= 15 is 0 Å². The first-order chi connectivity index (χ1) is 24.4. The molecule has 0 atom stereocenters. The monoisotopic (exact) mass is 730 g/mol. The molecule has 0 spiro atoms. The van der Waals surface area contributed by atoms with E-state index in [1.165, 1.54) is 34.8 Å². The van der Waals surface area contributed by atoms with E-state index in [2.05, 4.69) is 25.4 Å². The molecule has 14 nitrogen and oxygen atoms in total. The van der Waals surface area contributed by atoms with Crippen molar-refractivity contribution in [2.24, 2.45) is 5.73 Å². The Labute approximate surface area is 300 Å². The maximum atomic E-state index is 11.1. The number of carboxylic acids is 1. The minimum absolute atomic E-state index is 0.0521. The summed E-state index contributed by atoms with van der Waals surface area (Å²) in [5, 5.41) is 27.9. The van der Waals surface area contributed by atoms with E-state index in [0.717, 1.165) is 25.8 Å². The van der Waals surface area contributed by atoms with Gasteiger partial charge < -0.3 is 29.5 Å². The first-order valence-corrected chi connectivity index (χ1v) is 16.8. The van der Waals surface area contributed by atoms with E-state index in [0.29, 0.717) is 54.1 Å². The summed E-state index contributed by atoms with van der Waals surface area (Å²) in [7, 11) is 0. The Kier molecular flexibility index (Phi) is 13.8. The number of benzene rings is 3. The first-order valence-electron chi connectivity index (χ1n) is 15.2. The molecule has 0 radical (unpaired) electrons. The summed E-state index contributed by atoms with van der Waals surface area (Å²) in [6, 6.07) is 19.9. The Morgan fingerprint density at radius 1 is 0.667 bits per heavy atom. The second-order valence-corrected chi connectivity index (χ2v) is 13.0. The fourth-order valence-electron chi connectivity index (χ4n) is 3.90. The molecule has 0 bridgehead atoms. The molecule has 0 aliphatic rings. The lowest BCUT2D eigenvalue weighted by Gasteiger charge is -2.04. The number of Topliss-reactive ketones (excluding diaryl/α,β-unsaturated/α-hetero) is 1. The van der Waals surface area contributed by atoms with Crippen LogP contribution in [0.15, 0.2) is 83.4 Å². The topological polar surface area (TPSA) is 203 Å². The molecule has 264 valence electrons. The van der Waals surface area contributed by atoms with E-state index in [1.807, 2.05) is 13.8 Å². The van der Waals surface area contributed by atoms with Crippen LogP contribution in [0.4, 0.5) is 0 Å². The highest BCUT2D eigenvalue weighted by Gasteiger charge is 2.06. The fourth-order valence-corrected chi connectivity index (χ4v) is 5.15. The standard InChI is InChI=1S/C12H12N2O3.C12H12N2O2S.C11H10N2O3S/c1-8-14-6-11(17-8)7-16-10-4-2-9(3-5-10)12(13)15;1-8(15)10-3-5-11(6-4-10)16-7-12-14-13-9(2)17-12;1-7-12-13-10(17-7)6-16-9-4-2-8(3-5-9)11(14)15/h2-6H,7H2,1H3,(H2,13,15);3-6H,7H2,1-2H3;2-5H,6H2,1H3,(H,14,15). The van der Waals surface area contributed by atoms with Gasteiger partial charge in [-0.25, -0.2) is 9.78 Å². The number of amides is 1. The second-order valence-electron chi connectivity index (χ2n) is 10.4. The molecule has 1 amide bonds. The molecule has 0 saturated heterocycles. The van der Waals surface area contributed by atoms with Gasteiger partial charge in [0.25, 0.3) is 0 Å². The van der Waals surface area contributed by atoms with Crippen molar-refractivity contribution in [3.05, 3.63) is 127 Å².